The first kappa shape index (κ1) is 58.7. The quantitative estimate of drug-likeness (QED) is 0.130. The number of likely N-dealkylation sites (tertiary alicyclic amines) is 2. The van der Waals surface area contributed by atoms with Gasteiger partial charge in [0, 0.05) is 111 Å². The number of benzene rings is 2. The lowest BCUT2D eigenvalue weighted by molar-refractivity contribution is -0.0270. The largest absolute Gasteiger partial charge is 0.444 e. The fraction of sp³-hybridized carbons (Fsp3) is 0.516. The van der Waals surface area contributed by atoms with Crippen molar-refractivity contribution in [2.24, 2.45) is 10.8 Å². The average Bonchev–Trinajstić information content (AvgIpc) is 4.40. The summed E-state index contributed by atoms with van der Waals surface area (Å²) in [6.45, 7) is 34.3. The maximum atomic E-state index is 12.6. The highest BCUT2D eigenvalue weighted by molar-refractivity contribution is 5.91. The molecule has 436 valence electrons. The Balaban J connectivity index is 0.000000198. The Hall–Kier alpha value is -7.90. The lowest BCUT2D eigenvalue weighted by Crippen LogP contribution is -2.60. The van der Waals surface area contributed by atoms with E-state index < -0.39 is 11.2 Å². The molecule has 2 aromatic carbocycles. The lowest BCUT2D eigenvalue weighted by atomic mass is 9.79. The van der Waals surface area contributed by atoms with Gasteiger partial charge in [0.25, 0.3) is 23.5 Å². The van der Waals surface area contributed by atoms with E-state index in [1.165, 1.54) is 0 Å². The number of rotatable bonds is 10. The molecule has 6 aromatic rings. The van der Waals surface area contributed by atoms with Crippen molar-refractivity contribution in [3.63, 3.8) is 0 Å². The van der Waals surface area contributed by atoms with Crippen LogP contribution in [-0.4, -0.2) is 128 Å². The van der Waals surface area contributed by atoms with Gasteiger partial charge in [-0.05, 0) is 114 Å². The standard InChI is InChI=1S/2C31H40N6O4/c2*1-20-14-21(8-9-22(20)15-33-26(38)25-34-27(41-35-25)29(2,3)4)23-10-12-32-16-24(23)36-13-11-31(17-36)18-37(19-31)28(39)40-30(5,6)7/h2*8-10,12,14,16H,11,13,15,17-19H2,1-7H3,(H,33,38). The van der Waals surface area contributed by atoms with Gasteiger partial charge in [0.15, 0.2) is 0 Å². The molecule has 10 rings (SSSR count). The summed E-state index contributed by atoms with van der Waals surface area (Å²) in [6, 6.07) is 16.6. The lowest BCUT2D eigenvalue weighted by Gasteiger charge is -2.47. The van der Waals surface area contributed by atoms with Gasteiger partial charge in [0.1, 0.15) is 11.2 Å². The predicted octanol–water partition coefficient (Wildman–Crippen LogP) is 10.2. The molecule has 0 atom stereocenters. The molecule has 8 heterocycles. The monoisotopic (exact) mass is 1120 g/mol. The van der Waals surface area contributed by atoms with E-state index in [1.807, 2.05) is 156 Å². The summed E-state index contributed by atoms with van der Waals surface area (Å²) in [7, 11) is 0. The number of carbonyl (C=O) groups excluding carboxylic acids is 4. The summed E-state index contributed by atoms with van der Waals surface area (Å²) >= 11 is 0. The van der Waals surface area contributed by atoms with Gasteiger partial charge in [-0.3, -0.25) is 19.6 Å². The minimum Gasteiger partial charge on any atom is -0.444 e. The molecule has 0 aliphatic carbocycles. The summed E-state index contributed by atoms with van der Waals surface area (Å²) in [5.74, 6) is 0.196. The van der Waals surface area contributed by atoms with E-state index >= 15 is 0 Å². The van der Waals surface area contributed by atoms with Crippen molar-refractivity contribution in [2.75, 3.05) is 62.2 Å². The predicted molar refractivity (Wildman–Crippen MR) is 311 cm³/mol. The van der Waals surface area contributed by atoms with Crippen LogP contribution in [0.1, 0.15) is 151 Å². The molecule has 2 spiro atoms. The molecular weight excluding hydrogens is 1040 g/mol. The molecule has 0 radical (unpaired) electrons. The number of aryl methyl sites for hydroxylation is 2. The molecule has 4 aliphatic rings. The molecule has 4 fully saturated rings. The molecule has 0 bridgehead atoms. The SMILES string of the molecule is Cc1cc(-c2ccncc2N2CCC3(CN(C(=O)OC(C)(C)C)C3)C2)ccc1CNC(=O)c1noc(C(C)(C)C)n1.Cc1cc(-c2ccncc2N2CCC3(CN(C(=O)OC(C)(C)C)C3)C2)ccc1CNC(=O)c1noc(C(C)(C)C)n1. The van der Waals surface area contributed by atoms with Crippen LogP contribution in [0, 0.1) is 24.7 Å². The molecule has 2 N–H and O–H groups in total. The van der Waals surface area contributed by atoms with Crippen LogP contribution in [0.3, 0.4) is 0 Å². The van der Waals surface area contributed by atoms with Gasteiger partial charge >= 0.3 is 12.2 Å². The molecule has 20 heteroatoms. The van der Waals surface area contributed by atoms with E-state index in [4.69, 9.17) is 18.5 Å². The molecule has 4 aromatic heterocycles. The second-order valence-corrected chi connectivity index (χ2v) is 26.8. The number of anilines is 2. The van der Waals surface area contributed by atoms with Crippen molar-refractivity contribution in [3.05, 3.63) is 119 Å². The van der Waals surface area contributed by atoms with E-state index in [2.05, 4.69) is 74.9 Å². The van der Waals surface area contributed by atoms with Crippen LogP contribution in [0.5, 0.6) is 0 Å². The van der Waals surface area contributed by atoms with Crippen LogP contribution in [0.2, 0.25) is 0 Å². The van der Waals surface area contributed by atoms with Crippen LogP contribution < -0.4 is 20.4 Å². The van der Waals surface area contributed by atoms with Gasteiger partial charge in [-0.2, -0.15) is 9.97 Å². The van der Waals surface area contributed by atoms with Crippen LogP contribution in [0.15, 0.2) is 82.4 Å². The van der Waals surface area contributed by atoms with Crippen LogP contribution in [-0.2, 0) is 33.4 Å². The number of nitrogens with one attached hydrogen (secondary N) is 2. The third kappa shape index (κ3) is 13.5. The van der Waals surface area contributed by atoms with Gasteiger partial charge < -0.3 is 48.8 Å². The fourth-order valence-corrected chi connectivity index (χ4v) is 10.9. The Bertz CT molecular complexity index is 3110. The van der Waals surface area contributed by atoms with E-state index in [0.717, 1.165) is 121 Å². The molecule has 4 aliphatic heterocycles. The zero-order valence-corrected chi connectivity index (χ0v) is 50.2. The van der Waals surface area contributed by atoms with Gasteiger partial charge in [0.2, 0.25) is 11.8 Å². The molecule has 4 saturated heterocycles. The summed E-state index contributed by atoms with van der Waals surface area (Å²) < 4.78 is 21.6. The minimum absolute atomic E-state index is 0.0367. The molecule has 20 nitrogen and oxygen atoms in total. The number of amides is 4. The molecule has 0 unspecified atom stereocenters. The second kappa shape index (κ2) is 22.5. The fourth-order valence-electron chi connectivity index (χ4n) is 10.9. The first-order valence-electron chi connectivity index (χ1n) is 28.2. The third-order valence-corrected chi connectivity index (χ3v) is 15.3. The Morgan fingerprint density at radius 3 is 1.26 bits per heavy atom. The zero-order valence-electron chi connectivity index (χ0n) is 50.2. The molecule has 0 saturated carbocycles. The van der Waals surface area contributed by atoms with Crippen LogP contribution in [0.25, 0.3) is 22.3 Å². The van der Waals surface area contributed by atoms with Gasteiger partial charge in [-0.1, -0.05) is 88.3 Å². The van der Waals surface area contributed by atoms with Crippen LogP contribution >= 0.6 is 0 Å². The summed E-state index contributed by atoms with van der Waals surface area (Å²) in [5, 5.41) is 13.5. The van der Waals surface area contributed by atoms with Gasteiger partial charge in [-0.15, -0.1) is 0 Å². The number of carbonyl (C=O) groups is 4. The summed E-state index contributed by atoms with van der Waals surface area (Å²) in [6.07, 6.45) is 9.07. The molecule has 4 amide bonds. The summed E-state index contributed by atoms with van der Waals surface area (Å²) in [4.78, 5) is 75.9. The van der Waals surface area contributed by atoms with E-state index in [1.54, 1.807) is 0 Å². The maximum absolute atomic E-state index is 12.6. The van der Waals surface area contributed by atoms with Crippen molar-refractivity contribution < 1.29 is 37.7 Å². The van der Waals surface area contributed by atoms with Crippen molar-refractivity contribution in [2.45, 2.75) is 145 Å². The third-order valence-electron chi connectivity index (χ3n) is 15.3. The van der Waals surface area contributed by atoms with Crippen molar-refractivity contribution in [1.29, 1.82) is 0 Å². The first-order chi connectivity index (χ1) is 38.5. The molecular formula is C62H80N12O8. The number of hydrogen-bond donors (Lipinski definition) is 2. The normalized spacial score (nSPS) is 16.6. The molecule has 82 heavy (non-hydrogen) atoms. The smallest absolute Gasteiger partial charge is 0.410 e. The number of aromatic nitrogens is 6. The zero-order chi connectivity index (χ0) is 59.2. The topological polar surface area (TPSA) is 227 Å². The van der Waals surface area contributed by atoms with Crippen LogP contribution in [0.4, 0.5) is 21.0 Å². The van der Waals surface area contributed by atoms with Gasteiger partial charge in [0.05, 0.1) is 23.8 Å². The highest BCUT2D eigenvalue weighted by atomic mass is 16.6. The van der Waals surface area contributed by atoms with Crippen molar-refractivity contribution in [3.8, 4) is 22.3 Å². The first-order valence-corrected chi connectivity index (χ1v) is 28.2. The highest BCUT2D eigenvalue weighted by Gasteiger charge is 2.52. The number of ether oxygens (including phenoxy) is 2. The van der Waals surface area contributed by atoms with E-state index in [-0.39, 0.29) is 57.3 Å². The van der Waals surface area contributed by atoms with E-state index in [9.17, 15) is 19.2 Å². The summed E-state index contributed by atoms with van der Waals surface area (Å²) in [5.41, 5.74) is 9.30. The van der Waals surface area contributed by atoms with Crippen molar-refractivity contribution in [1.82, 2.24) is 50.7 Å². The Morgan fingerprint density at radius 1 is 0.549 bits per heavy atom. The Morgan fingerprint density at radius 2 is 0.927 bits per heavy atom. The number of pyridine rings is 2. The van der Waals surface area contributed by atoms with E-state index in [0.29, 0.717) is 24.9 Å². The van der Waals surface area contributed by atoms with Gasteiger partial charge in [-0.25, -0.2) is 9.59 Å². The Kier molecular flexibility index (Phi) is 16.1. The highest BCUT2D eigenvalue weighted by Crippen LogP contribution is 2.45. The maximum Gasteiger partial charge on any atom is 0.410 e. The second-order valence-electron chi connectivity index (χ2n) is 26.8. The minimum atomic E-state index is -0.490. The number of hydrogen-bond acceptors (Lipinski definition) is 16. The average molecular weight is 1120 g/mol. The number of nitrogens with zero attached hydrogens (tertiary/aromatic N) is 10. The van der Waals surface area contributed by atoms with Crippen molar-refractivity contribution >= 4 is 35.4 Å². The Labute approximate surface area is 481 Å².